The summed E-state index contributed by atoms with van der Waals surface area (Å²) in [4.78, 5) is 4.56. The number of rotatable bonds is 6. The first kappa shape index (κ1) is 19.1. The fraction of sp³-hybridized carbons (Fsp3) is 0.240. The minimum absolute atomic E-state index is 0.163. The quantitative estimate of drug-likeness (QED) is 0.393. The summed E-state index contributed by atoms with van der Waals surface area (Å²) in [5, 5.41) is 0. The van der Waals surface area contributed by atoms with Crippen molar-refractivity contribution in [2.45, 2.75) is 39.9 Å². The molecule has 4 nitrogen and oxygen atoms in total. The van der Waals surface area contributed by atoms with E-state index in [0.717, 1.165) is 39.5 Å². The van der Waals surface area contributed by atoms with Crippen LogP contribution in [0.15, 0.2) is 73.1 Å². The van der Waals surface area contributed by atoms with Gasteiger partial charge in [0.2, 0.25) is 0 Å². The molecule has 0 unspecified atom stereocenters. The second-order valence-electron chi connectivity index (χ2n) is 7.67. The topological polar surface area (TPSA) is 35.8 Å². The molecule has 0 radical (unpaired) electrons. The molecule has 4 aromatic rings. The third-order valence-corrected chi connectivity index (χ3v) is 4.59. The second-order valence-corrected chi connectivity index (χ2v) is 7.67. The van der Waals surface area contributed by atoms with Crippen molar-refractivity contribution in [1.29, 1.82) is 0 Å². The number of aromatic nitrogens is 2. The molecule has 0 fully saturated rings. The molecule has 2 heterocycles. The maximum Gasteiger partial charge on any atom is 0.137 e. The van der Waals surface area contributed by atoms with Crippen LogP contribution in [0.3, 0.4) is 0 Å². The largest absolute Gasteiger partial charge is 0.491 e. The molecule has 0 bridgehead atoms. The van der Waals surface area contributed by atoms with Gasteiger partial charge >= 0.3 is 0 Å². The summed E-state index contributed by atoms with van der Waals surface area (Å²) in [6.45, 7) is 8.12. The van der Waals surface area contributed by atoms with Crippen molar-refractivity contribution in [3.05, 3.63) is 73.1 Å². The molecule has 0 amide bonds. The van der Waals surface area contributed by atoms with Gasteiger partial charge in [-0.2, -0.15) is 0 Å². The fourth-order valence-electron chi connectivity index (χ4n) is 3.34. The van der Waals surface area contributed by atoms with Gasteiger partial charge in [0.25, 0.3) is 0 Å². The summed E-state index contributed by atoms with van der Waals surface area (Å²) < 4.78 is 13.6. The minimum atomic E-state index is 0.163. The third-order valence-electron chi connectivity index (χ3n) is 4.59. The van der Waals surface area contributed by atoms with Crippen LogP contribution in [0.25, 0.3) is 28.0 Å². The molecule has 4 rings (SSSR count). The van der Waals surface area contributed by atoms with Gasteiger partial charge in [-0.15, -0.1) is 0 Å². The Labute approximate surface area is 171 Å². The van der Waals surface area contributed by atoms with E-state index in [-0.39, 0.29) is 12.2 Å². The number of imidazole rings is 1. The lowest BCUT2D eigenvalue weighted by atomic mass is 10.1. The summed E-state index contributed by atoms with van der Waals surface area (Å²) in [5.41, 5.74) is 5.35. The summed E-state index contributed by atoms with van der Waals surface area (Å²) >= 11 is 0. The lowest BCUT2D eigenvalue weighted by Crippen LogP contribution is -2.05. The Kier molecular flexibility index (Phi) is 5.26. The van der Waals surface area contributed by atoms with Crippen LogP contribution >= 0.6 is 0 Å². The second kappa shape index (κ2) is 8.00. The molecule has 0 aliphatic heterocycles. The first-order valence-electron chi connectivity index (χ1n) is 10.0. The smallest absolute Gasteiger partial charge is 0.137 e. The van der Waals surface area contributed by atoms with Crippen LogP contribution < -0.4 is 9.47 Å². The number of fused-ring (bicyclic) bond motifs is 1. The van der Waals surface area contributed by atoms with Crippen LogP contribution in [-0.4, -0.2) is 21.6 Å². The zero-order valence-electron chi connectivity index (χ0n) is 17.3. The molecule has 148 valence electrons. The molecule has 0 N–H and O–H groups in total. The molecule has 0 aliphatic rings. The Hall–Kier alpha value is -3.27. The van der Waals surface area contributed by atoms with E-state index in [0.29, 0.717) is 0 Å². The predicted molar refractivity (Wildman–Crippen MR) is 118 cm³/mol. The Morgan fingerprint density at radius 2 is 1.17 bits per heavy atom. The molecule has 0 spiro atoms. The van der Waals surface area contributed by atoms with Crippen molar-refractivity contribution >= 4 is 5.65 Å². The first-order valence-corrected chi connectivity index (χ1v) is 10.0. The lowest BCUT2D eigenvalue weighted by Gasteiger charge is -2.11. The zero-order chi connectivity index (χ0) is 20.4. The molecule has 29 heavy (non-hydrogen) atoms. The number of hydrogen-bond acceptors (Lipinski definition) is 3. The number of benzene rings is 2. The summed E-state index contributed by atoms with van der Waals surface area (Å²) in [5.74, 6) is 1.76. The molecule has 4 heteroatoms. The highest BCUT2D eigenvalue weighted by atomic mass is 16.5. The van der Waals surface area contributed by atoms with Gasteiger partial charge in [0, 0.05) is 11.8 Å². The molecule has 2 aromatic carbocycles. The van der Waals surface area contributed by atoms with Crippen LogP contribution in [0.1, 0.15) is 27.7 Å². The van der Waals surface area contributed by atoms with Gasteiger partial charge in [0.1, 0.15) is 17.1 Å². The number of pyridine rings is 1. The number of ether oxygens (including phenoxy) is 2. The van der Waals surface area contributed by atoms with Crippen LogP contribution in [0, 0.1) is 0 Å². The van der Waals surface area contributed by atoms with Gasteiger partial charge in [0.05, 0.1) is 24.1 Å². The maximum atomic E-state index is 5.75. The first-order chi connectivity index (χ1) is 14.0. The molecule has 0 saturated heterocycles. The highest BCUT2D eigenvalue weighted by molar-refractivity contribution is 5.69. The van der Waals surface area contributed by atoms with E-state index in [1.54, 1.807) is 0 Å². The van der Waals surface area contributed by atoms with E-state index in [9.17, 15) is 0 Å². The molecule has 2 aromatic heterocycles. The number of hydrogen-bond donors (Lipinski definition) is 0. The van der Waals surface area contributed by atoms with Gasteiger partial charge in [-0.1, -0.05) is 12.1 Å². The van der Waals surface area contributed by atoms with Crippen molar-refractivity contribution < 1.29 is 9.47 Å². The fourth-order valence-corrected chi connectivity index (χ4v) is 3.34. The highest BCUT2D eigenvalue weighted by Crippen LogP contribution is 2.28. The van der Waals surface area contributed by atoms with Gasteiger partial charge < -0.3 is 9.47 Å². The van der Waals surface area contributed by atoms with E-state index < -0.39 is 0 Å². The Bertz CT molecular complexity index is 1090. The normalized spacial score (nSPS) is 11.4. The molecule has 0 atom stereocenters. The Morgan fingerprint density at radius 1 is 0.655 bits per heavy atom. The van der Waals surface area contributed by atoms with Crippen LogP contribution in [0.4, 0.5) is 0 Å². The average molecular weight is 386 g/mol. The van der Waals surface area contributed by atoms with Crippen LogP contribution in [0.2, 0.25) is 0 Å². The van der Waals surface area contributed by atoms with Gasteiger partial charge in [0.15, 0.2) is 0 Å². The van der Waals surface area contributed by atoms with Crippen molar-refractivity contribution in [3.63, 3.8) is 0 Å². The maximum absolute atomic E-state index is 5.75. The predicted octanol–water partition coefficient (Wildman–Crippen LogP) is 6.24. The number of nitrogens with zero attached hydrogens (tertiary/aromatic N) is 2. The van der Waals surface area contributed by atoms with Gasteiger partial charge in [-0.3, -0.25) is 4.40 Å². The van der Waals surface area contributed by atoms with E-state index in [4.69, 9.17) is 9.47 Å². The Morgan fingerprint density at radius 3 is 1.72 bits per heavy atom. The van der Waals surface area contributed by atoms with Gasteiger partial charge in [-0.25, -0.2) is 4.98 Å². The van der Waals surface area contributed by atoms with E-state index in [1.165, 1.54) is 0 Å². The summed E-state index contributed by atoms with van der Waals surface area (Å²) in [7, 11) is 0. The van der Waals surface area contributed by atoms with Gasteiger partial charge in [-0.05, 0) is 87.4 Å². The minimum Gasteiger partial charge on any atom is -0.491 e. The standard InChI is InChI=1S/C25H26N2O2/c1-17(2)28-22-10-5-19(6-11-22)21-9-14-25-26-15-24(27(25)16-21)20-7-12-23(13-8-20)29-18(3)4/h5-18H,1-4H3. The van der Waals surface area contributed by atoms with Crippen molar-refractivity contribution in [3.8, 4) is 33.9 Å². The van der Waals surface area contributed by atoms with Crippen molar-refractivity contribution in [2.24, 2.45) is 0 Å². The molecule has 0 saturated carbocycles. The van der Waals surface area contributed by atoms with E-state index >= 15 is 0 Å². The average Bonchev–Trinajstić information content (AvgIpc) is 3.11. The molecular formula is C25H26N2O2. The van der Waals surface area contributed by atoms with E-state index in [2.05, 4.69) is 45.9 Å². The SMILES string of the molecule is CC(C)Oc1ccc(-c2ccc3ncc(-c4ccc(OC(C)C)cc4)n3c2)cc1. The van der Waals surface area contributed by atoms with Crippen LogP contribution in [-0.2, 0) is 0 Å². The summed E-state index contributed by atoms with van der Waals surface area (Å²) in [6, 6.07) is 20.5. The third kappa shape index (κ3) is 4.27. The van der Waals surface area contributed by atoms with Crippen molar-refractivity contribution in [1.82, 2.24) is 9.38 Å². The van der Waals surface area contributed by atoms with E-state index in [1.807, 2.05) is 64.2 Å². The molecular weight excluding hydrogens is 360 g/mol. The van der Waals surface area contributed by atoms with Crippen LogP contribution in [0.5, 0.6) is 11.5 Å². The summed E-state index contributed by atoms with van der Waals surface area (Å²) in [6.07, 6.45) is 4.38. The Balaban J connectivity index is 1.66. The lowest BCUT2D eigenvalue weighted by molar-refractivity contribution is 0.242. The molecule has 0 aliphatic carbocycles. The highest BCUT2D eigenvalue weighted by Gasteiger charge is 2.09. The zero-order valence-corrected chi connectivity index (χ0v) is 17.3. The monoisotopic (exact) mass is 386 g/mol. The van der Waals surface area contributed by atoms with Crippen molar-refractivity contribution in [2.75, 3.05) is 0 Å².